The molecule has 0 bridgehead atoms. The molecule has 3 aromatic carbocycles. The van der Waals surface area contributed by atoms with E-state index in [2.05, 4.69) is 5.32 Å². The molecule has 2 fully saturated rings. The molecule has 0 unspecified atom stereocenters. The van der Waals surface area contributed by atoms with Crippen LogP contribution < -0.4 is 5.32 Å². The first-order chi connectivity index (χ1) is 19.8. The Morgan fingerprint density at radius 1 is 0.927 bits per heavy atom. The van der Waals surface area contributed by atoms with Crippen LogP contribution in [0.15, 0.2) is 84.9 Å². The average molecular weight is 558 g/mol. The summed E-state index contributed by atoms with van der Waals surface area (Å²) in [6.45, 7) is 2.23. The quantitative estimate of drug-likeness (QED) is 0.321. The van der Waals surface area contributed by atoms with Crippen molar-refractivity contribution in [3.8, 4) is 0 Å². The molecule has 2 heterocycles. The number of rotatable bonds is 9. The molecular formula is C32H32FN3O5. The number of nitrogens with zero attached hydrogens (tertiary/aromatic N) is 2. The third-order valence-corrected chi connectivity index (χ3v) is 8.09. The van der Waals surface area contributed by atoms with E-state index in [9.17, 15) is 23.6 Å². The van der Waals surface area contributed by atoms with Crippen molar-refractivity contribution in [1.29, 1.82) is 0 Å². The van der Waals surface area contributed by atoms with Crippen LogP contribution in [0.3, 0.4) is 0 Å². The molecule has 3 aromatic rings. The lowest BCUT2D eigenvalue weighted by Crippen LogP contribution is -2.59. The maximum Gasteiger partial charge on any atom is 0.327 e. The molecule has 2 aliphatic heterocycles. The van der Waals surface area contributed by atoms with Crippen molar-refractivity contribution in [2.45, 2.75) is 31.5 Å². The molecule has 0 radical (unpaired) electrons. The zero-order valence-electron chi connectivity index (χ0n) is 23.0. The number of likely N-dealkylation sites (N-methyl/N-ethyl adjacent to an activating group) is 1. The predicted octanol–water partition coefficient (Wildman–Crippen LogP) is 3.22. The van der Waals surface area contributed by atoms with Gasteiger partial charge in [0, 0.05) is 31.1 Å². The number of nitrogens with one attached hydrogen (secondary N) is 1. The fraction of sp³-hybridized carbons (Fsp3) is 0.312. The van der Waals surface area contributed by atoms with Gasteiger partial charge >= 0.3 is 5.97 Å². The second-order valence-corrected chi connectivity index (χ2v) is 10.5. The molecule has 2 saturated heterocycles. The zero-order valence-corrected chi connectivity index (χ0v) is 23.0. The number of esters is 1. The number of fused-ring (bicyclic) bond motifs is 1. The number of hydrogen-bond donors (Lipinski definition) is 1. The van der Waals surface area contributed by atoms with Crippen LogP contribution in [-0.4, -0.2) is 65.3 Å². The van der Waals surface area contributed by atoms with Crippen LogP contribution in [0.5, 0.6) is 0 Å². The predicted molar refractivity (Wildman–Crippen MR) is 149 cm³/mol. The zero-order chi connectivity index (χ0) is 29.1. The van der Waals surface area contributed by atoms with Gasteiger partial charge in [0.15, 0.2) is 0 Å². The van der Waals surface area contributed by atoms with Gasteiger partial charge in [0.2, 0.25) is 11.8 Å². The molecule has 9 heteroatoms. The summed E-state index contributed by atoms with van der Waals surface area (Å²) in [4.78, 5) is 57.8. The highest BCUT2D eigenvalue weighted by molar-refractivity contribution is 6.09. The summed E-state index contributed by atoms with van der Waals surface area (Å²) in [5.41, 5.74) is 0.348. The lowest BCUT2D eigenvalue weighted by Gasteiger charge is -2.33. The van der Waals surface area contributed by atoms with Gasteiger partial charge in [-0.25, -0.2) is 4.39 Å². The standard InChI is InChI=1S/C32H32FN3O5/c1-3-35(28(37)23-14-16-24(33)17-15-23)20-25-26-27(30(39)36(29(26)38)19-22-12-8-5-9-13-22)32(34-25,31(40)41-2)18-21-10-6-4-7-11-21/h4-17,25-27,34H,3,18-20H2,1-2H3/t25-,26+,27-,32-/m1/s1. The molecule has 41 heavy (non-hydrogen) atoms. The fourth-order valence-electron chi connectivity index (χ4n) is 6.15. The van der Waals surface area contributed by atoms with Gasteiger partial charge in [0.1, 0.15) is 11.4 Å². The van der Waals surface area contributed by atoms with Crippen molar-refractivity contribution in [2.75, 3.05) is 20.2 Å². The molecule has 1 N–H and O–H groups in total. The van der Waals surface area contributed by atoms with E-state index in [4.69, 9.17) is 4.74 Å². The highest BCUT2D eigenvalue weighted by atomic mass is 19.1. The topological polar surface area (TPSA) is 96.0 Å². The number of likely N-dealkylation sites (tertiary alicyclic amines) is 1. The summed E-state index contributed by atoms with van der Waals surface area (Å²) in [7, 11) is 1.26. The molecular weight excluding hydrogens is 525 g/mol. The number of halogens is 1. The molecule has 3 amide bonds. The van der Waals surface area contributed by atoms with Crippen molar-refractivity contribution in [3.05, 3.63) is 107 Å². The van der Waals surface area contributed by atoms with Crippen LogP contribution in [0, 0.1) is 17.7 Å². The average Bonchev–Trinajstić information content (AvgIpc) is 3.45. The molecule has 4 atom stereocenters. The second kappa shape index (κ2) is 11.6. The Morgan fingerprint density at radius 3 is 2.12 bits per heavy atom. The first kappa shape index (κ1) is 28.2. The van der Waals surface area contributed by atoms with Gasteiger partial charge in [-0.2, -0.15) is 0 Å². The van der Waals surface area contributed by atoms with Gasteiger partial charge in [-0.3, -0.25) is 29.4 Å². The highest BCUT2D eigenvalue weighted by Crippen LogP contribution is 2.46. The maximum atomic E-state index is 14.1. The number of hydrogen-bond acceptors (Lipinski definition) is 6. The maximum absolute atomic E-state index is 14.1. The number of benzene rings is 3. The van der Waals surface area contributed by atoms with Gasteiger partial charge in [0.05, 0.1) is 25.5 Å². The Kier molecular flexibility index (Phi) is 7.99. The van der Waals surface area contributed by atoms with E-state index in [-0.39, 0.29) is 25.4 Å². The van der Waals surface area contributed by atoms with Crippen molar-refractivity contribution < 1.29 is 28.3 Å². The van der Waals surface area contributed by atoms with Crippen molar-refractivity contribution in [2.24, 2.45) is 11.8 Å². The third-order valence-electron chi connectivity index (χ3n) is 8.09. The molecule has 2 aliphatic rings. The summed E-state index contributed by atoms with van der Waals surface area (Å²) >= 11 is 0. The minimum Gasteiger partial charge on any atom is -0.468 e. The Labute approximate surface area is 238 Å². The molecule has 0 spiro atoms. The number of carbonyl (C=O) groups is 4. The smallest absolute Gasteiger partial charge is 0.327 e. The van der Waals surface area contributed by atoms with Crippen molar-refractivity contribution in [1.82, 2.24) is 15.1 Å². The van der Waals surface area contributed by atoms with E-state index in [0.717, 1.165) is 11.1 Å². The Balaban J connectivity index is 1.54. The minimum absolute atomic E-state index is 0.0552. The first-order valence-corrected chi connectivity index (χ1v) is 13.6. The van der Waals surface area contributed by atoms with Gasteiger partial charge in [0.25, 0.3) is 5.91 Å². The van der Waals surface area contributed by atoms with Crippen LogP contribution in [0.25, 0.3) is 0 Å². The second-order valence-electron chi connectivity index (χ2n) is 10.5. The lowest BCUT2D eigenvalue weighted by molar-refractivity contribution is -0.154. The monoisotopic (exact) mass is 557 g/mol. The van der Waals surface area contributed by atoms with E-state index in [0.29, 0.717) is 12.1 Å². The van der Waals surface area contributed by atoms with Crippen LogP contribution in [0.4, 0.5) is 4.39 Å². The van der Waals surface area contributed by atoms with E-state index in [1.165, 1.54) is 41.2 Å². The number of carbonyl (C=O) groups excluding carboxylic acids is 4. The molecule has 0 saturated carbocycles. The number of ether oxygens (including phenoxy) is 1. The Hall–Kier alpha value is -4.37. The molecule has 0 aliphatic carbocycles. The highest BCUT2D eigenvalue weighted by Gasteiger charge is 2.68. The molecule has 0 aromatic heterocycles. The third kappa shape index (κ3) is 5.25. The van der Waals surface area contributed by atoms with Gasteiger partial charge in [-0.05, 0) is 42.3 Å². The van der Waals surface area contributed by atoms with Gasteiger partial charge < -0.3 is 9.64 Å². The van der Waals surface area contributed by atoms with E-state index < -0.39 is 47.0 Å². The van der Waals surface area contributed by atoms with Crippen LogP contribution in [-0.2, 0) is 32.1 Å². The Bertz CT molecular complexity index is 1430. The van der Waals surface area contributed by atoms with Crippen LogP contribution >= 0.6 is 0 Å². The summed E-state index contributed by atoms with van der Waals surface area (Å²) in [5, 5.41) is 3.33. The number of methoxy groups -OCH3 is 1. The molecule has 5 rings (SSSR count). The minimum atomic E-state index is -1.53. The summed E-state index contributed by atoms with van der Waals surface area (Å²) in [5.74, 6) is -4.22. The van der Waals surface area contributed by atoms with Crippen LogP contribution in [0.2, 0.25) is 0 Å². The summed E-state index contributed by atoms with van der Waals surface area (Å²) in [6, 6.07) is 23.0. The van der Waals surface area contributed by atoms with Crippen molar-refractivity contribution >= 4 is 23.7 Å². The normalized spacial score (nSPS) is 23.4. The lowest BCUT2D eigenvalue weighted by atomic mass is 9.76. The van der Waals surface area contributed by atoms with E-state index >= 15 is 0 Å². The SMILES string of the molecule is CCN(C[C@H]1N[C@@](Cc2ccccc2)(C(=O)OC)[C@H]2C(=O)N(Cc3ccccc3)C(=O)[C@@H]12)C(=O)c1ccc(F)cc1. The molecule has 8 nitrogen and oxygen atoms in total. The summed E-state index contributed by atoms with van der Waals surface area (Å²) < 4.78 is 18.8. The van der Waals surface area contributed by atoms with Crippen molar-refractivity contribution in [3.63, 3.8) is 0 Å². The van der Waals surface area contributed by atoms with E-state index in [1.54, 1.807) is 6.92 Å². The fourth-order valence-corrected chi connectivity index (χ4v) is 6.15. The summed E-state index contributed by atoms with van der Waals surface area (Å²) in [6.07, 6.45) is 0.119. The van der Waals surface area contributed by atoms with Gasteiger partial charge in [-0.15, -0.1) is 0 Å². The largest absolute Gasteiger partial charge is 0.468 e. The van der Waals surface area contributed by atoms with Gasteiger partial charge in [-0.1, -0.05) is 60.7 Å². The number of amides is 3. The Morgan fingerprint density at radius 2 is 1.54 bits per heavy atom. The van der Waals surface area contributed by atoms with Crippen LogP contribution in [0.1, 0.15) is 28.4 Å². The number of imide groups is 1. The molecule has 212 valence electrons. The van der Waals surface area contributed by atoms with E-state index in [1.807, 2.05) is 60.7 Å². The first-order valence-electron chi connectivity index (χ1n) is 13.6.